The molecule has 0 spiro atoms. The molecule has 0 aliphatic carbocycles. The molecule has 1 aromatic carbocycles. The second kappa shape index (κ2) is 5.26. The molecular formula is C16H19N3O2. The molecule has 2 N–H and O–H groups in total. The van der Waals surface area contributed by atoms with Crippen LogP contribution in [0.15, 0.2) is 35.0 Å². The molecule has 0 amide bonds. The first-order valence-electron chi connectivity index (χ1n) is 6.99. The Balaban J connectivity index is 2.04. The molecule has 0 aliphatic heterocycles. The minimum atomic E-state index is -0.316. The molecule has 1 unspecified atom stereocenters. The lowest BCUT2D eigenvalue weighted by molar-refractivity contribution is 0.414. The van der Waals surface area contributed by atoms with E-state index in [1.807, 2.05) is 42.9 Å². The highest BCUT2D eigenvalue weighted by Gasteiger charge is 2.20. The average molecular weight is 285 g/mol. The van der Waals surface area contributed by atoms with Gasteiger partial charge in [-0.2, -0.15) is 5.10 Å². The number of hydrogen-bond acceptors (Lipinski definition) is 4. The molecule has 110 valence electrons. The minimum absolute atomic E-state index is 0.316. The molecular weight excluding hydrogens is 266 g/mol. The number of benzene rings is 1. The van der Waals surface area contributed by atoms with Crippen LogP contribution >= 0.6 is 0 Å². The van der Waals surface area contributed by atoms with Crippen LogP contribution < -0.4 is 10.5 Å². The van der Waals surface area contributed by atoms with Gasteiger partial charge < -0.3 is 14.9 Å². The Morgan fingerprint density at radius 1 is 1.43 bits per heavy atom. The molecule has 1 atom stereocenters. The zero-order valence-electron chi connectivity index (χ0n) is 12.5. The van der Waals surface area contributed by atoms with E-state index in [9.17, 15) is 0 Å². The summed E-state index contributed by atoms with van der Waals surface area (Å²) in [5, 5.41) is 5.33. The van der Waals surface area contributed by atoms with Crippen molar-refractivity contribution < 1.29 is 9.15 Å². The number of nitrogens with zero attached hydrogens (tertiary/aromatic N) is 2. The predicted molar refractivity (Wildman–Crippen MR) is 81.4 cm³/mol. The van der Waals surface area contributed by atoms with Crippen LogP contribution in [0.2, 0.25) is 0 Å². The number of furan rings is 1. The number of methoxy groups -OCH3 is 1. The fraction of sp³-hybridized carbons (Fsp3) is 0.312. The first kappa shape index (κ1) is 13.7. The first-order chi connectivity index (χ1) is 10.1. The molecule has 0 bridgehead atoms. The molecule has 0 fully saturated rings. The zero-order chi connectivity index (χ0) is 15.0. The maximum atomic E-state index is 6.34. The number of aryl methyl sites for hydroxylation is 2. The fourth-order valence-electron chi connectivity index (χ4n) is 2.51. The second-order valence-corrected chi connectivity index (χ2v) is 5.06. The van der Waals surface area contributed by atoms with Gasteiger partial charge in [-0.15, -0.1) is 0 Å². The van der Waals surface area contributed by atoms with Gasteiger partial charge in [0.2, 0.25) is 0 Å². The summed E-state index contributed by atoms with van der Waals surface area (Å²) in [7, 11) is 1.64. The molecule has 0 radical (unpaired) electrons. The van der Waals surface area contributed by atoms with Crippen molar-refractivity contribution in [3.05, 3.63) is 47.5 Å². The zero-order valence-corrected chi connectivity index (χ0v) is 12.5. The van der Waals surface area contributed by atoms with Gasteiger partial charge >= 0.3 is 0 Å². The van der Waals surface area contributed by atoms with Crippen molar-refractivity contribution in [2.45, 2.75) is 26.4 Å². The Bertz CT molecular complexity index is 773. The monoisotopic (exact) mass is 285 g/mol. The summed E-state index contributed by atoms with van der Waals surface area (Å²) >= 11 is 0. The van der Waals surface area contributed by atoms with Gasteiger partial charge in [-0.1, -0.05) is 0 Å². The van der Waals surface area contributed by atoms with Gasteiger partial charge in [0, 0.05) is 35.3 Å². The lowest BCUT2D eigenvalue weighted by Crippen LogP contribution is -2.11. The van der Waals surface area contributed by atoms with E-state index in [4.69, 9.17) is 14.9 Å². The molecule has 3 aromatic rings. The summed E-state index contributed by atoms with van der Waals surface area (Å²) in [6.45, 7) is 4.89. The average Bonchev–Trinajstić information content (AvgIpc) is 3.11. The van der Waals surface area contributed by atoms with Crippen molar-refractivity contribution in [3.8, 4) is 5.75 Å². The van der Waals surface area contributed by atoms with Crippen LogP contribution in [0, 0.1) is 6.92 Å². The molecule has 5 heteroatoms. The van der Waals surface area contributed by atoms with E-state index >= 15 is 0 Å². The van der Waals surface area contributed by atoms with E-state index in [1.165, 1.54) is 0 Å². The lowest BCUT2D eigenvalue weighted by atomic mass is 10.0. The van der Waals surface area contributed by atoms with E-state index in [-0.39, 0.29) is 6.04 Å². The summed E-state index contributed by atoms with van der Waals surface area (Å²) in [5.41, 5.74) is 9.14. The quantitative estimate of drug-likeness (QED) is 0.800. The highest BCUT2D eigenvalue weighted by atomic mass is 16.5. The molecule has 0 saturated carbocycles. The van der Waals surface area contributed by atoms with Crippen LogP contribution in [0.3, 0.4) is 0 Å². The predicted octanol–water partition coefficient (Wildman–Crippen LogP) is 3.01. The molecule has 2 aromatic heterocycles. The highest BCUT2D eigenvalue weighted by molar-refractivity contribution is 5.83. The van der Waals surface area contributed by atoms with Crippen molar-refractivity contribution in [2.24, 2.45) is 5.73 Å². The third-order valence-electron chi connectivity index (χ3n) is 3.80. The van der Waals surface area contributed by atoms with Crippen molar-refractivity contribution in [1.82, 2.24) is 9.78 Å². The highest BCUT2D eigenvalue weighted by Crippen LogP contribution is 2.33. The first-order valence-corrected chi connectivity index (χ1v) is 6.99. The summed E-state index contributed by atoms with van der Waals surface area (Å²) < 4.78 is 13.0. The van der Waals surface area contributed by atoms with Crippen LogP contribution in [-0.2, 0) is 6.54 Å². The largest absolute Gasteiger partial charge is 0.497 e. The number of aromatic nitrogens is 2. The van der Waals surface area contributed by atoms with Crippen molar-refractivity contribution >= 4 is 11.0 Å². The second-order valence-electron chi connectivity index (χ2n) is 5.06. The van der Waals surface area contributed by atoms with Gasteiger partial charge in [0.25, 0.3) is 0 Å². The summed E-state index contributed by atoms with van der Waals surface area (Å²) in [6, 6.07) is 5.49. The van der Waals surface area contributed by atoms with Crippen molar-refractivity contribution in [1.29, 1.82) is 0 Å². The Morgan fingerprint density at radius 3 is 2.90 bits per heavy atom. The fourth-order valence-corrected chi connectivity index (χ4v) is 2.51. The van der Waals surface area contributed by atoms with Crippen LogP contribution in [0.5, 0.6) is 5.75 Å². The van der Waals surface area contributed by atoms with Crippen LogP contribution in [0.25, 0.3) is 11.0 Å². The number of rotatable bonds is 4. The Labute approximate surface area is 123 Å². The maximum Gasteiger partial charge on any atom is 0.138 e. The molecule has 2 heterocycles. The van der Waals surface area contributed by atoms with Crippen LogP contribution in [0.4, 0.5) is 0 Å². The molecule has 0 saturated heterocycles. The number of hydrogen-bond donors (Lipinski definition) is 1. The topological polar surface area (TPSA) is 66.2 Å². The minimum Gasteiger partial charge on any atom is -0.497 e. The normalized spacial score (nSPS) is 12.8. The summed E-state index contributed by atoms with van der Waals surface area (Å²) in [5.74, 6) is 1.55. The third kappa shape index (κ3) is 2.29. The molecule has 0 aliphatic rings. The van der Waals surface area contributed by atoms with Gasteiger partial charge in [0.15, 0.2) is 0 Å². The van der Waals surface area contributed by atoms with Crippen molar-refractivity contribution in [2.75, 3.05) is 7.11 Å². The number of fused-ring (bicyclic) bond motifs is 1. The van der Waals surface area contributed by atoms with E-state index in [0.29, 0.717) is 0 Å². The third-order valence-corrected chi connectivity index (χ3v) is 3.80. The standard InChI is InChI=1S/C16H19N3O2/c1-4-19-9-11(8-18-19)15(17)16-10(2)13-6-5-12(20-3)7-14(13)21-16/h5-9,15H,4,17H2,1-3H3. The lowest BCUT2D eigenvalue weighted by Gasteiger charge is -2.07. The van der Waals surface area contributed by atoms with Gasteiger partial charge in [0.05, 0.1) is 19.3 Å². The van der Waals surface area contributed by atoms with Gasteiger partial charge in [-0.3, -0.25) is 4.68 Å². The van der Waals surface area contributed by atoms with Crippen LogP contribution in [-0.4, -0.2) is 16.9 Å². The number of nitrogens with two attached hydrogens (primary N) is 1. The number of ether oxygens (including phenoxy) is 1. The SMILES string of the molecule is CCn1cc(C(N)c2oc3cc(OC)ccc3c2C)cn1. The Kier molecular flexibility index (Phi) is 3.43. The van der Waals surface area contributed by atoms with Crippen molar-refractivity contribution in [3.63, 3.8) is 0 Å². The van der Waals surface area contributed by atoms with E-state index in [2.05, 4.69) is 5.10 Å². The maximum absolute atomic E-state index is 6.34. The Morgan fingerprint density at radius 2 is 2.24 bits per heavy atom. The van der Waals surface area contributed by atoms with Gasteiger partial charge in [0.1, 0.15) is 17.1 Å². The van der Waals surface area contributed by atoms with E-state index in [0.717, 1.165) is 40.2 Å². The molecule has 3 rings (SSSR count). The summed E-state index contributed by atoms with van der Waals surface area (Å²) in [4.78, 5) is 0. The van der Waals surface area contributed by atoms with E-state index in [1.54, 1.807) is 13.3 Å². The van der Waals surface area contributed by atoms with Crippen LogP contribution in [0.1, 0.15) is 29.9 Å². The van der Waals surface area contributed by atoms with Gasteiger partial charge in [-0.25, -0.2) is 0 Å². The Hall–Kier alpha value is -2.27. The van der Waals surface area contributed by atoms with Gasteiger partial charge in [-0.05, 0) is 26.0 Å². The van der Waals surface area contributed by atoms with E-state index < -0.39 is 0 Å². The molecule has 21 heavy (non-hydrogen) atoms. The summed E-state index contributed by atoms with van der Waals surface area (Å²) in [6.07, 6.45) is 3.75. The smallest absolute Gasteiger partial charge is 0.138 e. The molecule has 5 nitrogen and oxygen atoms in total.